The Morgan fingerprint density at radius 3 is 2.45 bits per heavy atom. The lowest BCUT2D eigenvalue weighted by atomic mass is 10.1. The highest BCUT2D eigenvalue weighted by molar-refractivity contribution is 6.08. The third-order valence-corrected chi connectivity index (χ3v) is 4.23. The first-order chi connectivity index (χ1) is 13.8. The molecule has 0 aliphatic heterocycles. The summed E-state index contributed by atoms with van der Waals surface area (Å²) in [5.41, 5.74) is 0.0797. The zero-order valence-corrected chi connectivity index (χ0v) is 14.6. The van der Waals surface area contributed by atoms with E-state index in [0.717, 1.165) is 12.1 Å². The van der Waals surface area contributed by atoms with Crippen LogP contribution in [0.15, 0.2) is 66.9 Å². The average molecular weight is 400 g/mol. The molecule has 146 valence electrons. The topological polar surface area (TPSA) is 59.3 Å². The summed E-state index contributed by atoms with van der Waals surface area (Å²) in [5, 5.41) is 10.5. The molecule has 0 saturated carbocycles. The minimum atomic E-state index is -4.52. The van der Waals surface area contributed by atoms with Crippen molar-refractivity contribution in [2.75, 3.05) is 5.32 Å². The molecule has 2 heterocycles. The van der Waals surface area contributed by atoms with Gasteiger partial charge in [0.25, 0.3) is 5.91 Å². The van der Waals surface area contributed by atoms with Crippen LogP contribution in [-0.4, -0.2) is 20.5 Å². The molecule has 0 aliphatic rings. The Kier molecular flexibility index (Phi) is 4.50. The molecule has 0 saturated heterocycles. The minimum absolute atomic E-state index is 0.00472. The molecule has 0 unspecified atom stereocenters. The first-order valence-corrected chi connectivity index (χ1v) is 8.41. The zero-order valence-electron chi connectivity index (χ0n) is 14.6. The van der Waals surface area contributed by atoms with Gasteiger partial charge in [-0.1, -0.05) is 6.07 Å². The molecule has 1 N–H and O–H groups in total. The van der Waals surface area contributed by atoms with E-state index in [1.165, 1.54) is 42.5 Å². The number of benzene rings is 2. The molecule has 0 fully saturated rings. The van der Waals surface area contributed by atoms with Crippen LogP contribution < -0.4 is 5.32 Å². The van der Waals surface area contributed by atoms with Crippen molar-refractivity contribution in [3.8, 4) is 11.4 Å². The van der Waals surface area contributed by atoms with Gasteiger partial charge in [0, 0.05) is 17.4 Å². The van der Waals surface area contributed by atoms with E-state index in [9.17, 15) is 22.4 Å². The summed E-state index contributed by atoms with van der Waals surface area (Å²) in [5.74, 6) is -0.634. The maximum Gasteiger partial charge on any atom is 0.416 e. The van der Waals surface area contributed by atoms with Crippen LogP contribution in [-0.2, 0) is 6.18 Å². The van der Waals surface area contributed by atoms with Gasteiger partial charge in [0.1, 0.15) is 5.82 Å². The quantitative estimate of drug-likeness (QED) is 0.503. The number of hydrogen-bond acceptors (Lipinski definition) is 3. The van der Waals surface area contributed by atoms with Crippen molar-refractivity contribution in [2.45, 2.75) is 6.18 Å². The number of nitrogens with zero attached hydrogens (tertiary/aromatic N) is 3. The van der Waals surface area contributed by atoms with Crippen LogP contribution in [0.2, 0.25) is 0 Å². The summed E-state index contributed by atoms with van der Waals surface area (Å²) in [7, 11) is 0. The van der Waals surface area contributed by atoms with Gasteiger partial charge in [-0.3, -0.25) is 9.20 Å². The molecule has 2 aromatic carbocycles. The van der Waals surface area contributed by atoms with Gasteiger partial charge in [0.2, 0.25) is 0 Å². The van der Waals surface area contributed by atoms with Crippen molar-refractivity contribution in [2.24, 2.45) is 0 Å². The molecule has 2 aromatic heterocycles. The van der Waals surface area contributed by atoms with E-state index in [2.05, 4.69) is 15.5 Å². The van der Waals surface area contributed by atoms with Crippen molar-refractivity contribution < 1.29 is 22.4 Å². The lowest BCUT2D eigenvalue weighted by Crippen LogP contribution is -2.14. The third-order valence-electron chi connectivity index (χ3n) is 4.23. The zero-order chi connectivity index (χ0) is 20.6. The Morgan fingerprint density at radius 2 is 1.72 bits per heavy atom. The van der Waals surface area contributed by atoms with Gasteiger partial charge in [0.05, 0.1) is 11.1 Å². The second-order valence-electron chi connectivity index (χ2n) is 6.18. The van der Waals surface area contributed by atoms with Crippen molar-refractivity contribution >= 4 is 17.2 Å². The molecule has 1 amide bonds. The van der Waals surface area contributed by atoms with Crippen LogP contribution in [0.3, 0.4) is 0 Å². The van der Waals surface area contributed by atoms with E-state index < -0.39 is 23.5 Å². The van der Waals surface area contributed by atoms with Crippen LogP contribution in [0.4, 0.5) is 23.2 Å². The number of hydrogen-bond donors (Lipinski definition) is 1. The number of alkyl halides is 3. The fraction of sp³-hybridized carbons (Fsp3) is 0.0500. The van der Waals surface area contributed by atoms with Crippen molar-refractivity contribution in [3.05, 3.63) is 83.8 Å². The largest absolute Gasteiger partial charge is 0.416 e. The van der Waals surface area contributed by atoms with Crippen LogP contribution in [0.5, 0.6) is 0 Å². The monoisotopic (exact) mass is 400 g/mol. The molecule has 5 nitrogen and oxygen atoms in total. The molecule has 4 rings (SSSR count). The van der Waals surface area contributed by atoms with Gasteiger partial charge in [-0.2, -0.15) is 13.2 Å². The van der Waals surface area contributed by atoms with Gasteiger partial charge in [-0.25, -0.2) is 4.39 Å². The van der Waals surface area contributed by atoms with Crippen LogP contribution in [0.25, 0.3) is 17.0 Å². The highest BCUT2D eigenvalue weighted by Gasteiger charge is 2.30. The first kappa shape index (κ1) is 18.6. The maximum atomic E-state index is 13.2. The number of aromatic nitrogens is 3. The van der Waals surface area contributed by atoms with Gasteiger partial charge >= 0.3 is 6.18 Å². The Balaban J connectivity index is 1.68. The maximum absolute atomic E-state index is 13.2. The number of anilines is 1. The predicted octanol–water partition coefficient (Wildman–Crippen LogP) is 4.81. The molecule has 0 aliphatic carbocycles. The van der Waals surface area contributed by atoms with E-state index in [4.69, 9.17) is 0 Å². The number of halogens is 4. The van der Waals surface area contributed by atoms with Crippen LogP contribution in [0, 0.1) is 5.82 Å². The van der Waals surface area contributed by atoms with E-state index in [1.807, 2.05) is 0 Å². The SMILES string of the molecule is O=C(Nc1cccc(C(F)(F)F)c1)c1cccn2c(-c3ccc(F)cc3)nnc12. The summed E-state index contributed by atoms with van der Waals surface area (Å²) in [6, 6.07) is 13.0. The van der Waals surface area contributed by atoms with E-state index in [0.29, 0.717) is 11.4 Å². The summed E-state index contributed by atoms with van der Waals surface area (Å²) >= 11 is 0. The highest BCUT2D eigenvalue weighted by atomic mass is 19.4. The highest BCUT2D eigenvalue weighted by Crippen LogP contribution is 2.31. The second-order valence-corrected chi connectivity index (χ2v) is 6.18. The lowest BCUT2D eigenvalue weighted by Gasteiger charge is -2.10. The fourth-order valence-electron chi connectivity index (χ4n) is 2.86. The first-order valence-electron chi connectivity index (χ1n) is 8.41. The summed E-state index contributed by atoms with van der Waals surface area (Å²) in [6.07, 6.45) is -2.88. The molecule has 29 heavy (non-hydrogen) atoms. The number of amides is 1. The molecule has 9 heteroatoms. The Morgan fingerprint density at radius 1 is 0.966 bits per heavy atom. The van der Waals surface area contributed by atoms with E-state index in [-0.39, 0.29) is 16.9 Å². The Hall–Kier alpha value is -3.75. The smallest absolute Gasteiger partial charge is 0.322 e. The van der Waals surface area contributed by atoms with Crippen molar-refractivity contribution in [3.63, 3.8) is 0 Å². The fourth-order valence-corrected chi connectivity index (χ4v) is 2.86. The van der Waals surface area contributed by atoms with Crippen LogP contribution >= 0.6 is 0 Å². The average Bonchev–Trinajstić information content (AvgIpc) is 3.12. The predicted molar refractivity (Wildman–Crippen MR) is 97.8 cm³/mol. The molecule has 0 radical (unpaired) electrons. The third kappa shape index (κ3) is 3.66. The number of fused-ring (bicyclic) bond motifs is 1. The summed E-state index contributed by atoms with van der Waals surface area (Å²) < 4.78 is 53.3. The van der Waals surface area contributed by atoms with Crippen LogP contribution in [0.1, 0.15) is 15.9 Å². The molecule has 0 bridgehead atoms. The lowest BCUT2D eigenvalue weighted by molar-refractivity contribution is -0.137. The number of nitrogens with one attached hydrogen (secondary N) is 1. The summed E-state index contributed by atoms with van der Waals surface area (Å²) in [4.78, 5) is 12.7. The van der Waals surface area contributed by atoms with Gasteiger partial charge in [-0.15, -0.1) is 10.2 Å². The Bertz CT molecular complexity index is 1200. The number of rotatable bonds is 3. The number of carbonyl (C=O) groups excluding carboxylic acids is 1. The Labute approximate surface area is 161 Å². The number of carbonyl (C=O) groups is 1. The van der Waals surface area contributed by atoms with E-state index >= 15 is 0 Å². The second kappa shape index (κ2) is 7.01. The molecular weight excluding hydrogens is 388 g/mol. The molecule has 0 spiro atoms. The minimum Gasteiger partial charge on any atom is -0.322 e. The number of pyridine rings is 1. The standard InChI is InChI=1S/C20H12F4N4O/c21-14-8-6-12(7-9-14)17-26-27-18-16(5-2-10-28(17)18)19(29)25-15-4-1-3-13(11-15)20(22,23)24/h1-11H,(H,25,29). The molecular formula is C20H12F4N4O. The van der Waals surface area contributed by atoms with E-state index in [1.54, 1.807) is 16.7 Å². The molecule has 0 atom stereocenters. The van der Waals surface area contributed by atoms with Gasteiger partial charge < -0.3 is 5.32 Å². The van der Waals surface area contributed by atoms with Crippen molar-refractivity contribution in [1.29, 1.82) is 0 Å². The van der Waals surface area contributed by atoms with Crippen molar-refractivity contribution in [1.82, 2.24) is 14.6 Å². The van der Waals surface area contributed by atoms with Gasteiger partial charge in [-0.05, 0) is 54.6 Å². The summed E-state index contributed by atoms with van der Waals surface area (Å²) in [6.45, 7) is 0. The normalized spacial score (nSPS) is 11.6. The van der Waals surface area contributed by atoms with Gasteiger partial charge in [0.15, 0.2) is 11.5 Å². The molecule has 4 aromatic rings.